The lowest BCUT2D eigenvalue weighted by atomic mass is 10.1. The van der Waals surface area contributed by atoms with E-state index in [4.69, 9.17) is 0 Å². The molecule has 0 spiro atoms. The maximum atomic E-state index is 12.9. The molecule has 1 atom stereocenters. The van der Waals surface area contributed by atoms with Gasteiger partial charge in [-0.25, -0.2) is 4.98 Å². The molecule has 162 valence electrons. The highest BCUT2D eigenvalue weighted by atomic mass is 32.1. The minimum atomic E-state index is -0.612. The van der Waals surface area contributed by atoms with Gasteiger partial charge in [0.25, 0.3) is 5.91 Å². The average Bonchev–Trinajstić information content (AvgIpc) is 3.55. The lowest BCUT2D eigenvalue weighted by Crippen LogP contribution is -2.43. The Morgan fingerprint density at radius 2 is 2.03 bits per heavy atom. The van der Waals surface area contributed by atoms with Crippen molar-refractivity contribution in [2.75, 3.05) is 23.3 Å². The third-order valence-corrected chi connectivity index (χ3v) is 6.86. The highest BCUT2D eigenvalue weighted by Gasteiger charge is 2.23. The Hall–Kier alpha value is -2.71. The molecule has 3 heterocycles. The number of aromatic nitrogens is 1. The van der Waals surface area contributed by atoms with Gasteiger partial charge >= 0.3 is 0 Å². The van der Waals surface area contributed by atoms with Crippen molar-refractivity contribution >= 4 is 45.9 Å². The van der Waals surface area contributed by atoms with E-state index in [-0.39, 0.29) is 11.8 Å². The fourth-order valence-corrected chi connectivity index (χ4v) is 5.18. The van der Waals surface area contributed by atoms with Crippen molar-refractivity contribution in [2.24, 2.45) is 0 Å². The Morgan fingerprint density at radius 3 is 2.77 bits per heavy atom. The fourth-order valence-electron chi connectivity index (χ4n) is 3.67. The van der Waals surface area contributed by atoms with Gasteiger partial charge in [0.1, 0.15) is 16.7 Å². The third kappa shape index (κ3) is 5.32. The third-order valence-electron chi connectivity index (χ3n) is 5.29. The van der Waals surface area contributed by atoms with Gasteiger partial charge in [-0.2, -0.15) is 11.3 Å². The van der Waals surface area contributed by atoms with Crippen molar-refractivity contribution in [3.05, 3.63) is 52.2 Å². The molecular formula is C23H26N4O2S2. The Kier molecular flexibility index (Phi) is 6.99. The van der Waals surface area contributed by atoms with Crippen molar-refractivity contribution in [2.45, 2.75) is 38.6 Å². The van der Waals surface area contributed by atoms with Gasteiger partial charge in [0.15, 0.2) is 0 Å². The molecule has 31 heavy (non-hydrogen) atoms. The van der Waals surface area contributed by atoms with Crippen LogP contribution in [0.25, 0.3) is 10.6 Å². The summed E-state index contributed by atoms with van der Waals surface area (Å²) in [6, 6.07) is 9.28. The fraction of sp³-hybridized carbons (Fsp3) is 0.348. The second-order valence-corrected chi connectivity index (χ2v) is 9.24. The summed E-state index contributed by atoms with van der Waals surface area (Å²) >= 11 is 3.02. The number of anilines is 2. The van der Waals surface area contributed by atoms with Crippen molar-refractivity contribution in [1.29, 1.82) is 0 Å². The van der Waals surface area contributed by atoms with Crippen LogP contribution in [-0.4, -0.2) is 35.9 Å². The van der Waals surface area contributed by atoms with Crippen molar-refractivity contribution < 1.29 is 9.59 Å². The molecule has 1 fully saturated rings. The monoisotopic (exact) mass is 454 g/mol. The van der Waals surface area contributed by atoms with Gasteiger partial charge in [-0.15, -0.1) is 11.3 Å². The highest BCUT2D eigenvalue weighted by Crippen LogP contribution is 2.26. The maximum Gasteiger partial charge on any atom is 0.271 e. The number of rotatable bonds is 8. The molecule has 4 rings (SSSR count). The summed E-state index contributed by atoms with van der Waals surface area (Å²) in [6.07, 6.45) is 3.74. The minimum Gasteiger partial charge on any atom is -0.371 e. The van der Waals surface area contributed by atoms with Crippen LogP contribution in [0.3, 0.4) is 0 Å². The molecule has 0 radical (unpaired) electrons. The van der Waals surface area contributed by atoms with Crippen LogP contribution in [0, 0.1) is 0 Å². The van der Waals surface area contributed by atoms with Crippen LogP contribution in [-0.2, 0) is 4.79 Å². The van der Waals surface area contributed by atoms with Crippen LogP contribution in [0.15, 0.2) is 46.5 Å². The van der Waals surface area contributed by atoms with Crippen molar-refractivity contribution in [1.82, 2.24) is 10.3 Å². The summed E-state index contributed by atoms with van der Waals surface area (Å²) in [5, 5.41) is 12.4. The van der Waals surface area contributed by atoms with Gasteiger partial charge in [0.2, 0.25) is 5.91 Å². The number of nitrogens with zero attached hydrogens (tertiary/aromatic N) is 2. The quantitative estimate of drug-likeness (QED) is 0.502. The number of nitrogens with one attached hydrogen (secondary N) is 2. The summed E-state index contributed by atoms with van der Waals surface area (Å²) in [5.41, 5.74) is 3.22. The highest BCUT2D eigenvalue weighted by molar-refractivity contribution is 7.14. The first kappa shape index (κ1) is 21.5. The van der Waals surface area contributed by atoms with Gasteiger partial charge in [0.05, 0.1) is 0 Å². The second-order valence-electron chi connectivity index (χ2n) is 7.60. The molecule has 2 aromatic heterocycles. The molecule has 1 saturated heterocycles. The van der Waals surface area contributed by atoms with Crippen molar-refractivity contribution in [3.8, 4) is 10.6 Å². The molecule has 0 saturated carbocycles. The average molecular weight is 455 g/mol. The SMILES string of the molecule is CCCC(NC(=O)c1csc(-c2ccsc2)n1)C(=O)Nc1cccc(N2CCCC2)c1. The Morgan fingerprint density at radius 1 is 1.19 bits per heavy atom. The van der Waals surface area contributed by atoms with Crippen molar-refractivity contribution in [3.63, 3.8) is 0 Å². The number of carbonyl (C=O) groups excluding carboxylic acids is 2. The molecule has 1 unspecified atom stereocenters. The normalized spacial score (nSPS) is 14.4. The molecule has 1 aromatic carbocycles. The summed E-state index contributed by atoms with van der Waals surface area (Å²) in [5.74, 6) is -0.529. The first-order valence-electron chi connectivity index (χ1n) is 10.6. The largest absolute Gasteiger partial charge is 0.371 e. The van der Waals surface area contributed by atoms with E-state index in [0.29, 0.717) is 12.1 Å². The Balaban J connectivity index is 1.41. The van der Waals surface area contributed by atoms with Gasteiger partial charge < -0.3 is 15.5 Å². The van der Waals surface area contributed by atoms with Crippen LogP contribution < -0.4 is 15.5 Å². The standard InChI is InChI=1S/C23H26N4O2S2/c1-2-6-19(25-22(29)20-15-31-23(26-20)16-9-12-30-14-16)21(28)24-17-7-5-8-18(13-17)27-10-3-4-11-27/h5,7-9,12-15,19H,2-4,6,10-11H2,1H3,(H,24,28)(H,25,29). The smallest absolute Gasteiger partial charge is 0.271 e. The predicted molar refractivity (Wildman–Crippen MR) is 128 cm³/mol. The number of hydrogen-bond donors (Lipinski definition) is 2. The predicted octanol–water partition coefficient (Wildman–Crippen LogP) is 5.01. The van der Waals surface area contributed by atoms with Gasteiger partial charge in [-0.05, 0) is 48.9 Å². The number of thiazole rings is 1. The van der Waals surface area contributed by atoms with Gasteiger partial charge in [0, 0.05) is 40.8 Å². The van der Waals surface area contributed by atoms with E-state index >= 15 is 0 Å². The zero-order valence-electron chi connectivity index (χ0n) is 17.5. The van der Waals surface area contributed by atoms with Crippen LogP contribution in [0.2, 0.25) is 0 Å². The molecule has 2 N–H and O–H groups in total. The number of amides is 2. The van der Waals surface area contributed by atoms with Gasteiger partial charge in [-0.1, -0.05) is 19.4 Å². The maximum absolute atomic E-state index is 12.9. The zero-order valence-corrected chi connectivity index (χ0v) is 19.1. The first-order valence-corrected chi connectivity index (χ1v) is 12.4. The summed E-state index contributed by atoms with van der Waals surface area (Å²) in [4.78, 5) is 32.5. The summed E-state index contributed by atoms with van der Waals surface area (Å²) in [6.45, 7) is 4.10. The molecular weight excluding hydrogens is 428 g/mol. The molecule has 3 aromatic rings. The Bertz CT molecular complexity index is 1030. The van der Waals surface area contributed by atoms with Crippen LogP contribution in [0.1, 0.15) is 43.1 Å². The first-order chi connectivity index (χ1) is 15.1. The summed E-state index contributed by atoms with van der Waals surface area (Å²) in [7, 11) is 0. The number of thiophene rings is 1. The Labute approximate surface area is 190 Å². The lowest BCUT2D eigenvalue weighted by molar-refractivity contribution is -0.118. The second kappa shape index (κ2) is 10.1. The minimum absolute atomic E-state index is 0.206. The molecule has 0 bridgehead atoms. The molecule has 8 heteroatoms. The van der Waals surface area contributed by atoms with Crippen LogP contribution in [0.4, 0.5) is 11.4 Å². The summed E-state index contributed by atoms with van der Waals surface area (Å²) < 4.78 is 0. The molecule has 0 aliphatic carbocycles. The van der Waals surface area contributed by atoms with Crippen LogP contribution in [0.5, 0.6) is 0 Å². The number of benzene rings is 1. The van der Waals surface area contributed by atoms with E-state index in [0.717, 1.165) is 41.5 Å². The van der Waals surface area contributed by atoms with E-state index in [9.17, 15) is 9.59 Å². The van der Waals surface area contributed by atoms with E-state index < -0.39 is 6.04 Å². The molecule has 1 aliphatic rings. The molecule has 2 amide bonds. The molecule has 1 aliphatic heterocycles. The lowest BCUT2D eigenvalue weighted by Gasteiger charge is -2.20. The van der Waals surface area contributed by atoms with E-state index in [1.807, 2.05) is 41.9 Å². The van der Waals surface area contributed by atoms with E-state index in [1.165, 1.54) is 24.2 Å². The van der Waals surface area contributed by atoms with E-state index in [1.54, 1.807) is 16.7 Å². The van der Waals surface area contributed by atoms with E-state index in [2.05, 4.69) is 26.6 Å². The zero-order chi connectivity index (χ0) is 21.6. The molecule has 6 nitrogen and oxygen atoms in total. The topological polar surface area (TPSA) is 74.3 Å². The van der Waals surface area contributed by atoms with Gasteiger partial charge in [-0.3, -0.25) is 9.59 Å². The number of carbonyl (C=O) groups is 2. The van der Waals surface area contributed by atoms with Crippen LogP contribution >= 0.6 is 22.7 Å². The number of hydrogen-bond acceptors (Lipinski definition) is 6.